The Morgan fingerprint density at radius 2 is 2.11 bits per heavy atom. The molecule has 1 aromatic carbocycles. The van der Waals surface area contributed by atoms with Gasteiger partial charge in [0.25, 0.3) is 5.69 Å². The topological polar surface area (TPSA) is 97.5 Å². The molecule has 0 radical (unpaired) electrons. The lowest BCUT2D eigenvalue weighted by Gasteiger charge is -2.08. The van der Waals surface area contributed by atoms with Gasteiger partial charge in [0, 0.05) is 11.6 Å². The summed E-state index contributed by atoms with van der Waals surface area (Å²) in [6, 6.07) is 3.81. The van der Waals surface area contributed by atoms with Gasteiger partial charge in [0.15, 0.2) is 5.78 Å². The number of aliphatic carboxylic acids is 1. The van der Waals surface area contributed by atoms with E-state index in [9.17, 15) is 19.7 Å². The predicted molar refractivity (Wildman–Crippen MR) is 66.5 cm³/mol. The maximum atomic E-state index is 11.9. The minimum atomic E-state index is -1.23. The highest BCUT2D eigenvalue weighted by Crippen LogP contribution is 2.27. The molecule has 0 fully saturated rings. The maximum absolute atomic E-state index is 11.9. The first-order chi connectivity index (χ1) is 8.38. The van der Waals surface area contributed by atoms with E-state index in [1.165, 1.54) is 12.1 Å². The normalized spacial score (nSPS) is 11.9. The third kappa shape index (κ3) is 2.92. The van der Waals surface area contributed by atoms with Crippen LogP contribution in [-0.2, 0) is 4.79 Å². The molecular weight excluding hydrogens is 306 g/mol. The zero-order chi connectivity index (χ0) is 13.9. The summed E-state index contributed by atoms with van der Waals surface area (Å²) in [5.41, 5.74) is -0.236. The largest absolute Gasteiger partial charge is 0.481 e. The standard InChI is InChI=1S/C11H10BrNO5/c1-2-7(11(15)16)10(14)6-3-4-8(12)9(5-6)13(17)18/h3-5,7H,2H2,1H3,(H,15,16). The molecule has 1 unspecified atom stereocenters. The van der Waals surface area contributed by atoms with Gasteiger partial charge in [-0.2, -0.15) is 0 Å². The molecule has 6 nitrogen and oxygen atoms in total. The molecule has 0 saturated heterocycles. The molecule has 0 saturated carbocycles. The molecule has 0 spiro atoms. The van der Waals surface area contributed by atoms with Crippen molar-refractivity contribution in [3.63, 3.8) is 0 Å². The highest BCUT2D eigenvalue weighted by atomic mass is 79.9. The van der Waals surface area contributed by atoms with Gasteiger partial charge in [-0.05, 0) is 34.5 Å². The number of carbonyl (C=O) groups excluding carboxylic acids is 1. The fraction of sp³-hybridized carbons (Fsp3) is 0.273. The molecule has 0 heterocycles. The van der Waals surface area contributed by atoms with Crippen LogP contribution in [-0.4, -0.2) is 21.8 Å². The molecule has 0 aromatic heterocycles. The smallest absolute Gasteiger partial charge is 0.314 e. The fourth-order valence-corrected chi connectivity index (χ4v) is 1.87. The first kappa shape index (κ1) is 14.3. The molecule has 1 N–H and O–H groups in total. The Labute approximate surface area is 111 Å². The lowest BCUT2D eigenvalue weighted by molar-refractivity contribution is -0.385. The highest BCUT2D eigenvalue weighted by Gasteiger charge is 2.27. The first-order valence-electron chi connectivity index (χ1n) is 5.09. The van der Waals surface area contributed by atoms with Crippen LogP contribution in [0.4, 0.5) is 5.69 Å². The van der Waals surface area contributed by atoms with Gasteiger partial charge in [0.2, 0.25) is 0 Å². The number of carboxylic acids is 1. The average Bonchev–Trinajstić information content (AvgIpc) is 2.29. The summed E-state index contributed by atoms with van der Waals surface area (Å²) in [5, 5.41) is 19.6. The number of hydrogen-bond donors (Lipinski definition) is 1. The Hall–Kier alpha value is -1.76. The lowest BCUT2D eigenvalue weighted by Crippen LogP contribution is -2.23. The van der Waals surface area contributed by atoms with Crippen LogP contribution < -0.4 is 0 Å². The third-order valence-corrected chi connectivity index (χ3v) is 3.12. The number of Topliss-reactive ketones (excluding diaryl/α,β-unsaturated/α-hetero) is 1. The van der Waals surface area contributed by atoms with Crippen LogP contribution in [0, 0.1) is 16.0 Å². The van der Waals surface area contributed by atoms with Crippen molar-refractivity contribution in [2.75, 3.05) is 0 Å². The summed E-state index contributed by atoms with van der Waals surface area (Å²) < 4.78 is 0.243. The van der Waals surface area contributed by atoms with Crippen molar-refractivity contribution in [2.24, 2.45) is 5.92 Å². The summed E-state index contributed by atoms with van der Waals surface area (Å²) in [6.45, 7) is 1.57. The van der Waals surface area contributed by atoms with E-state index in [2.05, 4.69) is 15.9 Å². The Morgan fingerprint density at radius 1 is 1.50 bits per heavy atom. The number of nitro benzene ring substituents is 1. The van der Waals surface area contributed by atoms with Crippen LogP contribution in [0.1, 0.15) is 23.7 Å². The van der Waals surface area contributed by atoms with Gasteiger partial charge in [0.05, 0.1) is 9.40 Å². The fourth-order valence-electron chi connectivity index (χ4n) is 1.48. The number of carbonyl (C=O) groups is 2. The van der Waals surface area contributed by atoms with Gasteiger partial charge in [-0.15, -0.1) is 0 Å². The summed E-state index contributed by atoms with van der Waals surface area (Å²) in [7, 11) is 0. The molecule has 1 atom stereocenters. The zero-order valence-corrected chi connectivity index (χ0v) is 11.0. The van der Waals surface area contributed by atoms with Crippen molar-refractivity contribution >= 4 is 33.4 Å². The quantitative estimate of drug-likeness (QED) is 0.390. The predicted octanol–water partition coefficient (Wildman–Crippen LogP) is 2.65. The highest BCUT2D eigenvalue weighted by molar-refractivity contribution is 9.10. The molecule has 1 aromatic rings. The van der Waals surface area contributed by atoms with Crippen molar-refractivity contribution in [1.29, 1.82) is 0 Å². The summed E-state index contributed by atoms with van der Waals surface area (Å²) in [4.78, 5) is 32.8. The van der Waals surface area contributed by atoms with E-state index < -0.39 is 22.6 Å². The zero-order valence-electron chi connectivity index (χ0n) is 9.42. The minimum absolute atomic E-state index is 0.0270. The van der Waals surface area contributed by atoms with Gasteiger partial charge < -0.3 is 5.11 Å². The first-order valence-corrected chi connectivity index (χ1v) is 5.88. The number of halogens is 1. The SMILES string of the molecule is CCC(C(=O)O)C(=O)c1ccc(Br)c([N+](=O)[O-])c1. The third-order valence-electron chi connectivity index (χ3n) is 2.45. The van der Waals surface area contributed by atoms with Crippen LogP contribution in [0.3, 0.4) is 0 Å². The van der Waals surface area contributed by atoms with Gasteiger partial charge in [-0.3, -0.25) is 19.7 Å². The van der Waals surface area contributed by atoms with E-state index in [1.807, 2.05) is 0 Å². The number of benzene rings is 1. The molecule has 0 amide bonds. The van der Waals surface area contributed by atoms with E-state index in [0.29, 0.717) is 0 Å². The Morgan fingerprint density at radius 3 is 2.56 bits per heavy atom. The van der Waals surface area contributed by atoms with E-state index >= 15 is 0 Å². The van der Waals surface area contributed by atoms with Crippen molar-refractivity contribution in [3.05, 3.63) is 38.3 Å². The van der Waals surface area contributed by atoms with Crippen molar-refractivity contribution in [2.45, 2.75) is 13.3 Å². The molecule has 7 heteroatoms. The number of carboxylic acid groups (broad SMARTS) is 1. The van der Waals surface area contributed by atoms with Gasteiger partial charge in [-0.1, -0.05) is 6.92 Å². The molecule has 0 aliphatic heterocycles. The summed E-state index contributed by atoms with van der Waals surface area (Å²) in [5.74, 6) is -3.03. The number of hydrogen-bond acceptors (Lipinski definition) is 4. The lowest BCUT2D eigenvalue weighted by atomic mass is 9.95. The Balaban J connectivity index is 3.18. The monoisotopic (exact) mass is 315 g/mol. The molecule has 18 heavy (non-hydrogen) atoms. The van der Waals surface area contributed by atoms with Crippen molar-refractivity contribution in [3.8, 4) is 0 Å². The number of ketones is 1. The van der Waals surface area contributed by atoms with Gasteiger partial charge in [-0.25, -0.2) is 0 Å². The van der Waals surface area contributed by atoms with Crippen LogP contribution >= 0.6 is 15.9 Å². The molecule has 0 aliphatic rings. The van der Waals surface area contributed by atoms with Crippen LogP contribution in [0.15, 0.2) is 22.7 Å². The van der Waals surface area contributed by atoms with Crippen LogP contribution in [0.5, 0.6) is 0 Å². The van der Waals surface area contributed by atoms with E-state index in [4.69, 9.17) is 5.11 Å². The van der Waals surface area contributed by atoms with Crippen molar-refractivity contribution in [1.82, 2.24) is 0 Å². The number of nitro groups is 1. The summed E-state index contributed by atoms with van der Waals surface area (Å²) in [6.07, 6.45) is 0.137. The molecule has 0 bridgehead atoms. The van der Waals surface area contributed by atoms with E-state index in [0.717, 1.165) is 6.07 Å². The van der Waals surface area contributed by atoms with Crippen LogP contribution in [0.25, 0.3) is 0 Å². The molecule has 96 valence electrons. The van der Waals surface area contributed by atoms with Crippen LogP contribution in [0.2, 0.25) is 0 Å². The second-order valence-corrected chi connectivity index (χ2v) is 4.44. The maximum Gasteiger partial charge on any atom is 0.314 e. The number of rotatable bonds is 5. The van der Waals surface area contributed by atoms with Gasteiger partial charge in [0.1, 0.15) is 5.92 Å². The second kappa shape index (κ2) is 5.72. The Kier molecular flexibility index (Phi) is 4.55. The summed E-state index contributed by atoms with van der Waals surface area (Å²) >= 11 is 2.99. The minimum Gasteiger partial charge on any atom is -0.481 e. The van der Waals surface area contributed by atoms with Gasteiger partial charge >= 0.3 is 5.97 Å². The Bertz CT molecular complexity index is 514. The molecule has 0 aliphatic carbocycles. The average molecular weight is 316 g/mol. The molecule has 1 rings (SSSR count). The van der Waals surface area contributed by atoms with E-state index in [-0.39, 0.29) is 22.1 Å². The van der Waals surface area contributed by atoms with Crippen molar-refractivity contribution < 1.29 is 19.6 Å². The molecular formula is C11H10BrNO5. The van der Waals surface area contributed by atoms with E-state index in [1.54, 1.807) is 6.92 Å². The second-order valence-electron chi connectivity index (χ2n) is 3.59. The number of nitrogens with zero attached hydrogens (tertiary/aromatic N) is 1.